The number of carbonyl (C=O) groups excluding carboxylic acids is 4. The van der Waals surface area contributed by atoms with Crippen molar-refractivity contribution in [1.82, 2.24) is 0 Å². The summed E-state index contributed by atoms with van der Waals surface area (Å²) in [6.45, 7) is 3.09. The second-order valence-electron chi connectivity index (χ2n) is 12.2. The molecule has 13 nitrogen and oxygen atoms in total. The molecule has 0 spiro atoms. The maximum Gasteiger partial charge on any atom is 0.306 e. The van der Waals surface area contributed by atoms with Crippen LogP contribution >= 0.6 is 0 Å². The lowest BCUT2D eigenvalue weighted by Gasteiger charge is -2.47. The minimum absolute atomic E-state index is 0.0265. The molecule has 5 N–H and O–H groups in total. The molecule has 3 heterocycles. The van der Waals surface area contributed by atoms with Gasteiger partial charge in [0.15, 0.2) is 23.3 Å². The smallest absolute Gasteiger partial charge is 0.306 e. The highest BCUT2D eigenvalue weighted by atomic mass is 16.6. The quantitative estimate of drug-likeness (QED) is 0.303. The zero-order valence-corrected chi connectivity index (χ0v) is 24.7. The Morgan fingerprint density at radius 2 is 1.49 bits per heavy atom. The fourth-order valence-electron chi connectivity index (χ4n) is 7.20. The molecular formula is C32H32O13. The number of carbonyl (C=O) groups is 4. The van der Waals surface area contributed by atoms with Gasteiger partial charge < -0.3 is 44.5 Å². The number of aromatic hydroxyl groups is 2. The lowest BCUT2D eigenvalue weighted by Crippen LogP contribution is -2.62. The fourth-order valence-corrected chi connectivity index (χ4v) is 7.20. The molecule has 1 saturated heterocycles. The van der Waals surface area contributed by atoms with E-state index in [1.54, 1.807) is 13.8 Å². The number of phenols is 2. The van der Waals surface area contributed by atoms with Gasteiger partial charge in [0.1, 0.15) is 46.0 Å². The van der Waals surface area contributed by atoms with Crippen LogP contribution in [0, 0.1) is 11.8 Å². The maximum absolute atomic E-state index is 13.5. The summed E-state index contributed by atoms with van der Waals surface area (Å²) in [5.74, 6) is -5.29. The summed E-state index contributed by atoms with van der Waals surface area (Å²) in [6, 6.07) is 5.41. The number of hydrogen-bond acceptors (Lipinski definition) is 13. The largest absolute Gasteiger partial charge is 0.506 e. The van der Waals surface area contributed by atoms with E-state index in [1.165, 1.54) is 31.2 Å². The van der Waals surface area contributed by atoms with E-state index in [0.717, 1.165) is 0 Å². The minimum atomic E-state index is -1.94. The molecule has 0 bridgehead atoms. The first-order valence-corrected chi connectivity index (χ1v) is 14.5. The van der Waals surface area contributed by atoms with Crippen molar-refractivity contribution in [3.8, 4) is 34.1 Å². The molecular weight excluding hydrogens is 592 g/mol. The van der Waals surface area contributed by atoms with Crippen LogP contribution in [0.5, 0.6) is 23.0 Å². The predicted octanol–water partition coefficient (Wildman–Crippen LogP) is 2.35. The van der Waals surface area contributed by atoms with E-state index in [2.05, 4.69) is 0 Å². The summed E-state index contributed by atoms with van der Waals surface area (Å²) in [5.41, 5.74) is -4.44. The number of cyclic esters (lactones) is 1. The highest BCUT2D eigenvalue weighted by Gasteiger charge is 2.59. The van der Waals surface area contributed by atoms with Gasteiger partial charge in [0.25, 0.3) is 0 Å². The summed E-state index contributed by atoms with van der Waals surface area (Å²) in [5, 5.41) is 54.9. The SMILES string of the molecule is CC(=O)O[C@H]1[C@@H](C)CC(=O)C2=C(O)c3c(ccc(-c4ccc5c(c4O)C(=O)C[C@@](CO)([C@H]4OC(=O)C[C@@H]4C)O5)c3O)O[C@]21CO. The Kier molecular flexibility index (Phi) is 7.09. The number of esters is 2. The zero-order chi connectivity index (χ0) is 32.6. The standard InChI is InChI=1S/C32H32O13/c1-13-8-18(36)25-28(41)24-21(45-32(25,12-34)30(13)42-15(3)35)7-5-17(27(24)40)16-4-6-20-23(26(16)39)19(37)10-31(11-33,44-20)29-14(2)9-22(38)43-29/h4-7,13-14,29-30,33-34,39-41H,8-12H2,1-3H3/t13-,14-,29-,30-,31+,32+/m0/s1. The van der Waals surface area contributed by atoms with Gasteiger partial charge in [-0.25, -0.2) is 0 Å². The third kappa shape index (κ3) is 4.36. The Bertz CT molecular complexity index is 1690. The topological polar surface area (TPSA) is 206 Å². The van der Waals surface area contributed by atoms with E-state index < -0.39 is 89.7 Å². The lowest BCUT2D eigenvalue weighted by atomic mass is 9.69. The second kappa shape index (κ2) is 10.5. The Morgan fingerprint density at radius 3 is 2.04 bits per heavy atom. The van der Waals surface area contributed by atoms with Gasteiger partial charge in [-0.2, -0.15) is 0 Å². The number of aliphatic hydroxyl groups is 3. The molecule has 0 radical (unpaired) electrons. The first kappa shape index (κ1) is 30.4. The molecule has 2 aromatic carbocycles. The molecule has 1 saturated carbocycles. The number of ether oxygens (including phenoxy) is 4. The number of phenolic OH excluding ortho intramolecular Hbond substituents is 2. The Morgan fingerprint density at radius 1 is 0.867 bits per heavy atom. The number of aliphatic hydroxyl groups excluding tert-OH is 3. The normalized spacial score (nSPS) is 30.5. The molecule has 4 aliphatic rings. The number of ketones is 2. The van der Waals surface area contributed by atoms with Crippen LogP contribution < -0.4 is 9.47 Å². The number of fused-ring (bicyclic) bond motifs is 3. The number of hydrogen-bond donors (Lipinski definition) is 5. The van der Waals surface area contributed by atoms with Gasteiger partial charge >= 0.3 is 11.9 Å². The van der Waals surface area contributed by atoms with Crippen molar-refractivity contribution in [2.24, 2.45) is 11.8 Å². The second-order valence-corrected chi connectivity index (χ2v) is 12.2. The summed E-state index contributed by atoms with van der Waals surface area (Å²) in [6.07, 6.45) is -2.48. The first-order valence-electron chi connectivity index (χ1n) is 14.5. The van der Waals surface area contributed by atoms with Crippen LogP contribution in [0.4, 0.5) is 0 Å². The van der Waals surface area contributed by atoms with Crippen molar-refractivity contribution in [2.75, 3.05) is 13.2 Å². The van der Waals surface area contributed by atoms with Crippen LogP contribution in [0.25, 0.3) is 16.9 Å². The molecule has 3 aliphatic heterocycles. The van der Waals surface area contributed by atoms with Crippen LogP contribution in [0.1, 0.15) is 56.0 Å². The van der Waals surface area contributed by atoms with Gasteiger partial charge in [0.2, 0.25) is 5.60 Å². The van der Waals surface area contributed by atoms with Crippen molar-refractivity contribution in [1.29, 1.82) is 0 Å². The molecule has 0 aromatic heterocycles. The molecule has 0 amide bonds. The Hall–Kier alpha value is -4.62. The van der Waals surface area contributed by atoms with Gasteiger partial charge in [-0.1, -0.05) is 13.8 Å². The molecule has 6 rings (SSSR count). The van der Waals surface area contributed by atoms with Crippen LogP contribution in [-0.4, -0.2) is 85.7 Å². The van der Waals surface area contributed by atoms with Gasteiger partial charge in [-0.3, -0.25) is 19.2 Å². The summed E-state index contributed by atoms with van der Waals surface area (Å²) in [4.78, 5) is 50.5. The van der Waals surface area contributed by atoms with E-state index in [0.29, 0.717) is 0 Å². The predicted molar refractivity (Wildman–Crippen MR) is 153 cm³/mol. The molecule has 6 atom stereocenters. The monoisotopic (exact) mass is 624 g/mol. The van der Waals surface area contributed by atoms with Crippen LogP contribution in [-0.2, 0) is 23.9 Å². The molecule has 0 unspecified atom stereocenters. The van der Waals surface area contributed by atoms with Gasteiger partial charge in [0, 0.05) is 36.3 Å². The number of rotatable bonds is 5. The summed E-state index contributed by atoms with van der Waals surface area (Å²) in [7, 11) is 0. The number of Topliss-reactive ketones (excluding diaryl/α,β-unsaturated/α-hetero) is 2. The van der Waals surface area contributed by atoms with E-state index in [4.69, 9.17) is 18.9 Å². The number of benzene rings is 2. The molecule has 45 heavy (non-hydrogen) atoms. The van der Waals surface area contributed by atoms with Crippen molar-refractivity contribution >= 4 is 29.3 Å². The highest BCUT2D eigenvalue weighted by molar-refractivity contribution is 6.08. The van der Waals surface area contributed by atoms with E-state index in [1.807, 2.05) is 0 Å². The molecule has 1 aliphatic carbocycles. The first-order chi connectivity index (χ1) is 21.3. The van der Waals surface area contributed by atoms with E-state index in [-0.39, 0.29) is 58.1 Å². The maximum atomic E-state index is 13.5. The molecule has 2 aromatic rings. The summed E-state index contributed by atoms with van der Waals surface area (Å²) >= 11 is 0. The van der Waals surface area contributed by atoms with Gasteiger partial charge in [0.05, 0.1) is 31.6 Å². The van der Waals surface area contributed by atoms with Gasteiger partial charge in [-0.05, 0) is 24.3 Å². The molecule has 2 fully saturated rings. The molecule has 238 valence electrons. The fraction of sp³-hybridized carbons (Fsp3) is 0.438. The Labute approximate surface area is 256 Å². The molecule has 13 heteroatoms. The summed E-state index contributed by atoms with van der Waals surface area (Å²) < 4.78 is 23.0. The van der Waals surface area contributed by atoms with Crippen molar-refractivity contribution < 1.29 is 63.7 Å². The van der Waals surface area contributed by atoms with Crippen molar-refractivity contribution in [3.05, 3.63) is 41.0 Å². The Balaban J connectivity index is 1.44. The highest BCUT2D eigenvalue weighted by Crippen LogP contribution is 2.54. The third-order valence-corrected chi connectivity index (χ3v) is 9.15. The van der Waals surface area contributed by atoms with Crippen LogP contribution in [0.2, 0.25) is 0 Å². The average Bonchev–Trinajstić information content (AvgIpc) is 3.33. The van der Waals surface area contributed by atoms with E-state index >= 15 is 0 Å². The van der Waals surface area contributed by atoms with E-state index in [9.17, 15) is 44.7 Å². The zero-order valence-electron chi connectivity index (χ0n) is 24.7. The van der Waals surface area contributed by atoms with Crippen LogP contribution in [0.15, 0.2) is 29.8 Å². The van der Waals surface area contributed by atoms with Crippen molar-refractivity contribution in [2.45, 2.75) is 63.4 Å². The minimum Gasteiger partial charge on any atom is -0.506 e. The van der Waals surface area contributed by atoms with Crippen LogP contribution in [0.3, 0.4) is 0 Å². The lowest BCUT2D eigenvalue weighted by molar-refractivity contribution is -0.172. The third-order valence-electron chi connectivity index (χ3n) is 9.15. The van der Waals surface area contributed by atoms with Crippen molar-refractivity contribution in [3.63, 3.8) is 0 Å². The average molecular weight is 625 g/mol. The van der Waals surface area contributed by atoms with Gasteiger partial charge in [-0.15, -0.1) is 0 Å².